The summed E-state index contributed by atoms with van der Waals surface area (Å²) in [6.45, 7) is 8.51. The molecule has 22 heavy (non-hydrogen) atoms. The minimum absolute atomic E-state index is 0.228. The van der Waals surface area contributed by atoms with Crippen LogP contribution in [-0.2, 0) is 9.47 Å². The lowest BCUT2D eigenvalue weighted by molar-refractivity contribution is 0.0918. The number of nitrogens with zero attached hydrogens (tertiary/aromatic N) is 5. The van der Waals surface area contributed by atoms with Gasteiger partial charge in [-0.2, -0.15) is 15.0 Å². The van der Waals surface area contributed by atoms with Crippen molar-refractivity contribution in [1.82, 2.24) is 15.0 Å². The number of halogens is 1. The van der Waals surface area contributed by atoms with E-state index in [4.69, 9.17) is 21.1 Å². The van der Waals surface area contributed by atoms with Crippen molar-refractivity contribution in [2.45, 2.75) is 32.4 Å². The van der Waals surface area contributed by atoms with Gasteiger partial charge in [-0.3, -0.25) is 0 Å². The second kappa shape index (κ2) is 6.93. The normalized spacial score (nSPS) is 26.3. The molecule has 0 spiro atoms. The van der Waals surface area contributed by atoms with Crippen LogP contribution in [0.2, 0.25) is 5.28 Å². The van der Waals surface area contributed by atoms with E-state index >= 15 is 0 Å². The molecule has 2 saturated heterocycles. The lowest BCUT2D eigenvalue weighted by Crippen LogP contribution is -2.47. The highest BCUT2D eigenvalue weighted by atomic mass is 35.5. The molecule has 0 amide bonds. The number of morpholine rings is 2. The zero-order valence-electron chi connectivity index (χ0n) is 13.0. The summed E-state index contributed by atoms with van der Waals surface area (Å²) in [5.74, 6) is 1.27. The van der Waals surface area contributed by atoms with Gasteiger partial charge in [0.1, 0.15) is 0 Å². The maximum absolute atomic E-state index is 6.15. The summed E-state index contributed by atoms with van der Waals surface area (Å²) in [4.78, 5) is 17.6. The van der Waals surface area contributed by atoms with Crippen molar-refractivity contribution in [3.63, 3.8) is 0 Å². The fraction of sp³-hybridized carbons (Fsp3) is 0.786. The van der Waals surface area contributed by atoms with Crippen LogP contribution in [-0.4, -0.2) is 66.6 Å². The van der Waals surface area contributed by atoms with E-state index in [1.54, 1.807) is 0 Å². The second-order valence-corrected chi connectivity index (χ2v) is 5.99. The largest absolute Gasteiger partial charge is 0.377 e. The predicted octanol–water partition coefficient (Wildman–Crippen LogP) is 1.37. The molecule has 2 aliphatic rings. The Labute approximate surface area is 135 Å². The summed E-state index contributed by atoms with van der Waals surface area (Å²) in [5.41, 5.74) is 0. The average Bonchev–Trinajstić information content (AvgIpc) is 2.54. The molecule has 0 aromatic carbocycles. The zero-order valence-corrected chi connectivity index (χ0v) is 13.8. The van der Waals surface area contributed by atoms with Gasteiger partial charge in [-0.05, 0) is 24.9 Å². The Hall–Kier alpha value is -1.18. The van der Waals surface area contributed by atoms with Crippen molar-refractivity contribution >= 4 is 23.5 Å². The molecule has 0 N–H and O–H groups in total. The fourth-order valence-electron chi connectivity index (χ4n) is 2.87. The lowest BCUT2D eigenvalue weighted by Gasteiger charge is -2.36. The first-order valence-corrected chi connectivity index (χ1v) is 8.17. The van der Waals surface area contributed by atoms with Crippen molar-refractivity contribution in [1.29, 1.82) is 0 Å². The first-order valence-electron chi connectivity index (χ1n) is 7.79. The molecular weight excluding hydrogens is 306 g/mol. The summed E-state index contributed by atoms with van der Waals surface area (Å²) >= 11 is 6.15. The Morgan fingerprint density at radius 1 is 1.05 bits per heavy atom. The van der Waals surface area contributed by atoms with Gasteiger partial charge < -0.3 is 19.3 Å². The van der Waals surface area contributed by atoms with Crippen molar-refractivity contribution < 1.29 is 9.47 Å². The Balaban J connectivity index is 1.88. The first kappa shape index (κ1) is 15.7. The molecular formula is C14H22ClN5O2. The van der Waals surface area contributed by atoms with E-state index in [0.717, 1.165) is 19.5 Å². The van der Waals surface area contributed by atoms with Crippen LogP contribution in [0.4, 0.5) is 11.9 Å². The van der Waals surface area contributed by atoms with Crippen molar-refractivity contribution in [3.8, 4) is 0 Å². The fourth-order valence-corrected chi connectivity index (χ4v) is 3.02. The van der Waals surface area contributed by atoms with Gasteiger partial charge in [0.15, 0.2) is 0 Å². The second-order valence-electron chi connectivity index (χ2n) is 5.65. The summed E-state index contributed by atoms with van der Waals surface area (Å²) in [6, 6.07) is 0.508. The van der Waals surface area contributed by atoms with Crippen LogP contribution in [0.1, 0.15) is 20.3 Å². The van der Waals surface area contributed by atoms with E-state index in [1.807, 2.05) is 0 Å². The predicted molar refractivity (Wildman–Crippen MR) is 84.7 cm³/mol. The Morgan fingerprint density at radius 2 is 1.68 bits per heavy atom. The van der Waals surface area contributed by atoms with E-state index in [9.17, 15) is 0 Å². The van der Waals surface area contributed by atoms with E-state index in [1.165, 1.54) is 0 Å². The van der Waals surface area contributed by atoms with E-state index in [2.05, 4.69) is 38.6 Å². The van der Waals surface area contributed by atoms with Crippen molar-refractivity contribution in [3.05, 3.63) is 5.28 Å². The van der Waals surface area contributed by atoms with Crippen molar-refractivity contribution in [2.24, 2.45) is 0 Å². The third-order valence-electron chi connectivity index (χ3n) is 4.16. The monoisotopic (exact) mass is 327 g/mol. The summed E-state index contributed by atoms with van der Waals surface area (Å²) < 4.78 is 11.0. The lowest BCUT2D eigenvalue weighted by atomic mass is 10.2. The van der Waals surface area contributed by atoms with Crippen LogP contribution in [0.25, 0.3) is 0 Å². The molecule has 0 radical (unpaired) electrons. The Morgan fingerprint density at radius 3 is 2.36 bits per heavy atom. The van der Waals surface area contributed by atoms with Gasteiger partial charge in [0.05, 0.1) is 38.5 Å². The highest BCUT2D eigenvalue weighted by Gasteiger charge is 2.27. The van der Waals surface area contributed by atoms with E-state index in [0.29, 0.717) is 38.3 Å². The molecule has 7 nitrogen and oxygen atoms in total. The molecule has 1 aromatic heterocycles. The quantitative estimate of drug-likeness (QED) is 0.830. The number of anilines is 2. The van der Waals surface area contributed by atoms with Crippen LogP contribution in [0.3, 0.4) is 0 Å². The smallest absolute Gasteiger partial charge is 0.231 e. The van der Waals surface area contributed by atoms with Gasteiger partial charge in [0.25, 0.3) is 0 Å². The molecule has 2 aliphatic heterocycles. The van der Waals surface area contributed by atoms with Crippen molar-refractivity contribution in [2.75, 3.05) is 49.3 Å². The molecule has 0 unspecified atom stereocenters. The van der Waals surface area contributed by atoms with Gasteiger partial charge in [-0.15, -0.1) is 0 Å². The Kier molecular flexibility index (Phi) is 4.95. The minimum atomic E-state index is 0.228. The van der Waals surface area contributed by atoms with E-state index < -0.39 is 0 Å². The molecule has 2 atom stereocenters. The molecule has 3 heterocycles. The SMILES string of the molecule is CC[C@H]1COCCN1c1nc(Cl)nc(N2CCOC[C@H]2C)n1. The number of ether oxygens (including phenoxy) is 2. The standard InChI is InChI=1S/C14H22ClN5O2/c1-3-11-9-22-7-5-20(11)14-17-12(15)16-13(18-14)19-4-6-21-8-10(19)2/h10-11H,3-9H2,1-2H3/t10-,11+/m1/s1. The molecule has 1 aromatic rings. The molecule has 3 rings (SSSR count). The molecule has 2 fully saturated rings. The molecule has 0 saturated carbocycles. The van der Waals surface area contributed by atoms with Crippen LogP contribution in [0, 0.1) is 0 Å². The number of hydrogen-bond acceptors (Lipinski definition) is 7. The maximum atomic E-state index is 6.15. The Bertz CT molecular complexity index is 518. The third kappa shape index (κ3) is 3.26. The summed E-state index contributed by atoms with van der Waals surface area (Å²) in [7, 11) is 0. The van der Waals surface area contributed by atoms with Gasteiger partial charge in [-0.1, -0.05) is 6.92 Å². The van der Waals surface area contributed by atoms with Crippen LogP contribution in [0.5, 0.6) is 0 Å². The highest BCUT2D eigenvalue weighted by molar-refractivity contribution is 6.28. The average molecular weight is 328 g/mol. The third-order valence-corrected chi connectivity index (χ3v) is 4.33. The molecule has 122 valence electrons. The van der Waals surface area contributed by atoms with Crippen LogP contribution in [0.15, 0.2) is 0 Å². The number of hydrogen-bond donors (Lipinski definition) is 0. The highest BCUT2D eigenvalue weighted by Crippen LogP contribution is 2.23. The van der Waals surface area contributed by atoms with Gasteiger partial charge >= 0.3 is 0 Å². The number of rotatable bonds is 3. The molecule has 8 heteroatoms. The van der Waals surface area contributed by atoms with Gasteiger partial charge in [0, 0.05) is 13.1 Å². The first-order chi connectivity index (χ1) is 10.7. The molecule has 0 aliphatic carbocycles. The minimum Gasteiger partial charge on any atom is -0.377 e. The van der Waals surface area contributed by atoms with E-state index in [-0.39, 0.29) is 17.4 Å². The van der Waals surface area contributed by atoms with Gasteiger partial charge in [0.2, 0.25) is 17.2 Å². The topological polar surface area (TPSA) is 63.6 Å². The number of aromatic nitrogens is 3. The molecule has 0 bridgehead atoms. The zero-order chi connectivity index (χ0) is 15.5. The maximum Gasteiger partial charge on any atom is 0.231 e. The van der Waals surface area contributed by atoms with Crippen LogP contribution >= 0.6 is 11.6 Å². The summed E-state index contributed by atoms with van der Waals surface area (Å²) in [6.07, 6.45) is 0.979. The van der Waals surface area contributed by atoms with Crippen LogP contribution < -0.4 is 9.80 Å². The van der Waals surface area contributed by atoms with Gasteiger partial charge in [-0.25, -0.2) is 0 Å². The summed E-state index contributed by atoms with van der Waals surface area (Å²) in [5, 5.41) is 0.236.